The second-order valence-corrected chi connectivity index (χ2v) is 3.76. The van der Waals surface area contributed by atoms with E-state index >= 15 is 0 Å². The lowest BCUT2D eigenvalue weighted by Gasteiger charge is -2.10. The monoisotopic (exact) mass is 270 g/mol. The van der Waals surface area contributed by atoms with E-state index in [1.165, 1.54) is 43.6 Å². The van der Waals surface area contributed by atoms with Crippen LogP contribution in [0.3, 0.4) is 0 Å². The first-order valence-electron chi connectivity index (χ1n) is 5.59. The van der Waals surface area contributed by atoms with Gasteiger partial charge in [0.15, 0.2) is 0 Å². The maximum absolute atomic E-state index is 11.1. The average molecular weight is 270 g/mol. The fourth-order valence-electron chi connectivity index (χ4n) is 1.55. The molecule has 2 rings (SSSR count). The molecular formula is C14H10N2O4. The van der Waals surface area contributed by atoms with Crippen LogP contribution in [0.15, 0.2) is 36.5 Å². The maximum atomic E-state index is 11.1. The zero-order chi connectivity index (χ0) is 14.5. The Kier molecular flexibility index (Phi) is 3.82. The van der Waals surface area contributed by atoms with Crippen LogP contribution in [-0.4, -0.2) is 23.2 Å². The highest BCUT2D eigenvalue weighted by atomic mass is 16.5. The zero-order valence-electron chi connectivity index (χ0n) is 10.5. The Morgan fingerprint density at radius 2 is 2.10 bits per heavy atom. The number of rotatable bonds is 4. The standard InChI is InChI=1S/C14H10N2O4/c1-19-10-2-3-12(14(17)18)13(7-10)20-11-4-5-16-9(6-11)8-15/h2-7H,1H3,(H,17,18). The summed E-state index contributed by atoms with van der Waals surface area (Å²) in [4.78, 5) is 15.0. The van der Waals surface area contributed by atoms with E-state index in [0.717, 1.165) is 0 Å². The number of aromatic nitrogens is 1. The molecule has 0 spiro atoms. The molecule has 0 amide bonds. The first kappa shape index (κ1) is 13.4. The van der Waals surface area contributed by atoms with E-state index < -0.39 is 5.97 Å². The second-order valence-electron chi connectivity index (χ2n) is 3.76. The molecule has 100 valence electrons. The molecule has 0 aliphatic carbocycles. The number of ether oxygens (including phenoxy) is 2. The number of benzene rings is 1. The molecule has 0 bridgehead atoms. The molecule has 0 radical (unpaired) electrons. The van der Waals surface area contributed by atoms with Crippen molar-refractivity contribution in [1.82, 2.24) is 4.98 Å². The van der Waals surface area contributed by atoms with Gasteiger partial charge in [-0.25, -0.2) is 9.78 Å². The molecule has 0 fully saturated rings. The van der Waals surface area contributed by atoms with E-state index in [0.29, 0.717) is 11.5 Å². The highest BCUT2D eigenvalue weighted by molar-refractivity contribution is 5.91. The number of nitrogens with zero attached hydrogens (tertiary/aromatic N) is 2. The third-order valence-corrected chi connectivity index (χ3v) is 2.49. The Morgan fingerprint density at radius 3 is 2.75 bits per heavy atom. The summed E-state index contributed by atoms with van der Waals surface area (Å²) in [6, 6.07) is 9.23. The molecule has 0 aliphatic heterocycles. The molecule has 6 heteroatoms. The molecular weight excluding hydrogens is 260 g/mol. The normalized spacial score (nSPS) is 9.60. The highest BCUT2D eigenvalue weighted by Gasteiger charge is 2.13. The number of pyridine rings is 1. The van der Waals surface area contributed by atoms with Crippen LogP contribution in [0, 0.1) is 11.3 Å². The third kappa shape index (κ3) is 2.84. The van der Waals surface area contributed by atoms with E-state index in [1.54, 1.807) is 0 Å². The quantitative estimate of drug-likeness (QED) is 0.917. The molecule has 1 aromatic heterocycles. The number of methoxy groups -OCH3 is 1. The fourth-order valence-corrected chi connectivity index (χ4v) is 1.55. The topological polar surface area (TPSA) is 92.4 Å². The summed E-state index contributed by atoms with van der Waals surface area (Å²) in [7, 11) is 1.47. The zero-order valence-corrected chi connectivity index (χ0v) is 10.5. The first-order valence-corrected chi connectivity index (χ1v) is 5.59. The largest absolute Gasteiger partial charge is 0.497 e. The molecule has 1 aromatic carbocycles. The third-order valence-electron chi connectivity index (χ3n) is 2.49. The van der Waals surface area contributed by atoms with Gasteiger partial charge in [-0.05, 0) is 18.2 Å². The number of aromatic carboxylic acids is 1. The minimum atomic E-state index is -1.11. The van der Waals surface area contributed by atoms with Gasteiger partial charge in [0.05, 0.1) is 7.11 Å². The van der Waals surface area contributed by atoms with Crippen LogP contribution in [0.2, 0.25) is 0 Å². The molecule has 1 heterocycles. The number of carbonyl (C=O) groups is 1. The van der Waals surface area contributed by atoms with Crippen molar-refractivity contribution in [3.63, 3.8) is 0 Å². The molecule has 20 heavy (non-hydrogen) atoms. The smallest absolute Gasteiger partial charge is 0.339 e. The Bertz CT molecular complexity index is 692. The van der Waals surface area contributed by atoms with Crippen molar-refractivity contribution in [1.29, 1.82) is 5.26 Å². The number of hydrogen-bond acceptors (Lipinski definition) is 5. The molecule has 2 aromatic rings. The molecule has 1 N–H and O–H groups in total. The second kappa shape index (κ2) is 5.71. The summed E-state index contributed by atoms with van der Waals surface area (Å²) in [5, 5.41) is 17.9. The van der Waals surface area contributed by atoms with Crippen molar-refractivity contribution in [2.24, 2.45) is 0 Å². The van der Waals surface area contributed by atoms with E-state index in [-0.39, 0.29) is 17.0 Å². The minimum absolute atomic E-state index is 0.00104. The summed E-state index contributed by atoms with van der Waals surface area (Å²) in [5.41, 5.74) is 0.184. The highest BCUT2D eigenvalue weighted by Crippen LogP contribution is 2.29. The van der Waals surface area contributed by atoms with E-state index in [4.69, 9.17) is 19.8 Å². The molecule has 6 nitrogen and oxygen atoms in total. The van der Waals surface area contributed by atoms with Gasteiger partial charge in [0, 0.05) is 18.3 Å². The maximum Gasteiger partial charge on any atom is 0.339 e. The van der Waals surface area contributed by atoms with Crippen molar-refractivity contribution in [3.8, 4) is 23.3 Å². The van der Waals surface area contributed by atoms with Gasteiger partial charge >= 0.3 is 5.97 Å². The van der Waals surface area contributed by atoms with Crippen molar-refractivity contribution >= 4 is 5.97 Å². The summed E-state index contributed by atoms with van der Waals surface area (Å²) >= 11 is 0. The fraction of sp³-hybridized carbons (Fsp3) is 0.0714. The molecule has 0 aliphatic rings. The summed E-state index contributed by atoms with van der Waals surface area (Å²) in [6.07, 6.45) is 1.41. The molecule has 0 unspecified atom stereocenters. The number of hydrogen-bond donors (Lipinski definition) is 1. The van der Waals surface area contributed by atoms with Gasteiger partial charge < -0.3 is 14.6 Å². The lowest BCUT2D eigenvalue weighted by molar-refractivity contribution is 0.0694. The van der Waals surface area contributed by atoms with Crippen LogP contribution in [-0.2, 0) is 0 Å². The van der Waals surface area contributed by atoms with Gasteiger partial charge in [0.2, 0.25) is 0 Å². The van der Waals surface area contributed by atoms with Crippen LogP contribution < -0.4 is 9.47 Å². The van der Waals surface area contributed by atoms with Crippen molar-refractivity contribution in [3.05, 3.63) is 47.8 Å². The van der Waals surface area contributed by atoms with Crippen LogP contribution in [0.4, 0.5) is 0 Å². The average Bonchev–Trinajstić information content (AvgIpc) is 2.47. The number of carboxylic acids is 1. The van der Waals surface area contributed by atoms with Crippen LogP contribution in [0.1, 0.15) is 16.1 Å². The van der Waals surface area contributed by atoms with Gasteiger partial charge in [-0.3, -0.25) is 0 Å². The van der Waals surface area contributed by atoms with Crippen LogP contribution in [0.5, 0.6) is 17.2 Å². The minimum Gasteiger partial charge on any atom is -0.497 e. The summed E-state index contributed by atoms with van der Waals surface area (Å²) < 4.78 is 10.5. The number of nitriles is 1. The molecule has 0 atom stereocenters. The summed E-state index contributed by atoms with van der Waals surface area (Å²) in [6.45, 7) is 0. The predicted octanol–water partition coefficient (Wildman–Crippen LogP) is 2.45. The van der Waals surface area contributed by atoms with E-state index in [2.05, 4.69) is 4.98 Å². The Hall–Kier alpha value is -3.07. The van der Waals surface area contributed by atoms with Crippen molar-refractivity contribution < 1.29 is 19.4 Å². The first-order chi connectivity index (χ1) is 9.63. The van der Waals surface area contributed by atoms with Gasteiger partial charge in [-0.15, -0.1) is 0 Å². The van der Waals surface area contributed by atoms with E-state index in [1.807, 2.05) is 6.07 Å². The van der Waals surface area contributed by atoms with Gasteiger partial charge in [-0.1, -0.05) is 0 Å². The summed E-state index contributed by atoms with van der Waals surface area (Å²) in [5.74, 6) is -0.184. The number of carboxylic acid groups (broad SMARTS) is 1. The SMILES string of the molecule is COc1ccc(C(=O)O)c(Oc2ccnc(C#N)c2)c1. The lowest BCUT2D eigenvalue weighted by atomic mass is 10.2. The van der Waals surface area contributed by atoms with Gasteiger partial charge in [0.1, 0.15) is 34.6 Å². The van der Waals surface area contributed by atoms with Gasteiger partial charge in [-0.2, -0.15) is 5.26 Å². The Labute approximate surface area is 114 Å². The Morgan fingerprint density at radius 1 is 1.30 bits per heavy atom. The van der Waals surface area contributed by atoms with Crippen molar-refractivity contribution in [2.45, 2.75) is 0 Å². The van der Waals surface area contributed by atoms with Crippen LogP contribution in [0.25, 0.3) is 0 Å². The molecule has 0 saturated carbocycles. The van der Waals surface area contributed by atoms with Crippen LogP contribution >= 0.6 is 0 Å². The lowest BCUT2D eigenvalue weighted by Crippen LogP contribution is -2.00. The Balaban J connectivity index is 2.40. The molecule has 0 saturated heterocycles. The van der Waals surface area contributed by atoms with E-state index in [9.17, 15) is 4.79 Å². The van der Waals surface area contributed by atoms with Gasteiger partial charge in [0.25, 0.3) is 0 Å². The van der Waals surface area contributed by atoms with Crippen molar-refractivity contribution in [2.75, 3.05) is 7.11 Å². The predicted molar refractivity (Wildman–Crippen MR) is 69.0 cm³/mol.